The average Bonchev–Trinajstić information content (AvgIpc) is 3.05. The highest BCUT2D eigenvalue weighted by Gasteiger charge is 2.12. The van der Waals surface area contributed by atoms with E-state index in [2.05, 4.69) is 39.0 Å². The Kier molecular flexibility index (Phi) is 4.73. The number of thiophene rings is 1. The summed E-state index contributed by atoms with van der Waals surface area (Å²) < 4.78 is 7.93. The number of aromatic nitrogens is 1. The lowest BCUT2D eigenvalue weighted by Crippen LogP contribution is -1.95. The number of pyridine rings is 1. The number of hydrogen-bond acceptors (Lipinski definition) is 5. The molecule has 0 aliphatic rings. The van der Waals surface area contributed by atoms with E-state index in [1.807, 2.05) is 60.7 Å². The SMILES string of the molecule is N#Cc1cnc2cc(I)sc2c1Nc1ccc(Oc2ccccc2)cc1. The summed E-state index contributed by atoms with van der Waals surface area (Å²) in [6, 6.07) is 21.6. The van der Waals surface area contributed by atoms with Crippen molar-refractivity contribution in [3.63, 3.8) is 0 Å². The number of anilines is 2. The van der Waals surface area contributed by atoms with Crippen LogP contribution in [0.1, 0.15) is 5.56 Å². The summed E-state index contributed by atoms with van der Waals surface area (Å²) in [7, 11) is 0. The van der Waals surface area contributed by atoms with E-state index in [1.54, 1.807) is 17.5 Å². The molecule has 0 bridgehead atoms. The summed E-state index contributed by atoms with van der Waals surface area (Å²) in [6.45, 7) is 0. The third-order valence-corrected chi connectivity index (χ3v) is 5.64. The predicted molar refractivity (Wildman–Crippen MR) is 113 cm³/mol. The monoisotopic (exact) mass is 469 g/mol. The largest absolute Gasteiger partial charge is 0.457 e. The topological polar surface area (TPSA) is 57.9 Å². The zero-order valence-corrected chi connectivity index (χ0v) is 16.4. The Morgan fingerprint density at radius 3 is 2.50 bits per heavy atom. The standard InChI is InChI=1S/C20H12IN3OS/c21-18-10-17-20(26-18)19(13(11-22)12-23-17)24-14-6-8-16(9-7-14)25-15-4-2-1-3-5-15/h1-10,12H,(H,23,24). The molecule has 26 heavy (non-hydrogen) atoms. The van der Waals surface area contributed by atoms with Crippen molar-refractivity contribution in [3.05, 3.63) is 75.3 Å². The molecule has 0 unspecified atom stereocenters. The zero-order chi connectivity index (χ0) is 17.9. The predicted octanol–water partition coefficient (Wildman–Crippen LogP) is 6.31. The van der Waals surface area contributed by atoms with Crippen molar-refractivity contribution < 1.29 is 4.74 Å². The summed E-state index contributed by atoms with van der Waals surface area (Å²) in [5, 5.41) is 12.8. The van der Waals surface area contributed by atoms with Crippen molar-refractivity contribution in [2.45, 2.75) is 0 Å². The minimum atomic E-state index is 0.528. The molecule has 0 saturated carbocycles. The smallest absolute Gasteiger partial charge is 0.127 e. The van der Waals surface area contributed by atoms with Gasteiger partial charge in [-0.3, -0.25) is 4.98 Å². The fourth-order valence-corrected chi connectivity index (χ4v) is 4.33. The van der Waals surface area contributed by atoms with Crippen LogP contribution >= 0.6 is 33.9 Å². The maximum atomic E-state index is 9.42. The molecule has 4 rings (SSSR count). The first kappa shape index (κ1) is 16.8. The van der Waals surface area contributed by atoms with Crippen LogP contribution in [0.2, 0.25) is 0 Å². The first-order chi connectivity index (χ1) is 12.7. The molecule has 1 N–H and O–H groups in total. The van der Waals surface area contributed by atoms with Gasteiger partial charge >= 0.3 is 0 Å². The van der Waals surface area contributed by atoms with Crippen molar-refractivity contribution in [1.29, 1.82) is 5.26 Å². The Morgan fingerprint density at radius 1 is 1.04 bits per heavy atom. The third-order valence-electron chi connectivity index (χ3n) is 3.73. The molecule has 4 aromatic rings. The molecule has 0 fully saturated rings. The van der Waals surface area contributed by atoms with Gasteiger partial charge in [0.25, 0.3) is 0 Å². The van der Waals surface area contributed by atoms with E-state index in [-0.39, 0.29) is 0 Å². The van der Waals surface area contributed by atoms with Crippen LogP contribution in [0, 0.1) is 14.2 Å². The molecule has 6 heteroatoms. The Labute approximate surface area is 168 Å². The van der Waals surface area contributed by atoms with Crippen LogP contribution in [0.15, 0.2) is 66.9 Å². The Morgan fingerprint density at radius 2 is 1.77 bits per heavy atom. The third kappa shape index (κ3) is 3.49. The highest BCUT2D eigenvalue weighted by molar-refractivity contribution is 14.1. The van der Waals surface area contributed by atoms with Gasteiger partial charge in [-0.1, -0.05) is 18.2 Å². The molecule has 2 heterocycles. The number of halogens is 1. The van der Waals surface area contributed by atoms with Crippen LogP contribution in [0.5, 0.6) is 11.5 Å². The van der Waals surface area contributed by atoms with E-state index in [0.29, 0.717) is 5.56 Å². The number of nitrogens with one attached hydrogen (secondary N) is 1. The van der Waals surface area contributed by atoms with Gasteiger partial charge in [0, 0.05) is 11.9 Å². The summed E-state index contributed by atoms with van der Waals surface area (Å²) in [5.74, 6) is 1.55. The Bertz CT molecular complexity index is 1100. The molecule has 126 valence electrons. The summed E-state index contributed by atoms with van der Waals surface area (Å²) in [6.07, 6.45) is 1.61. The number of benzene rings is 2. The van der Waals surface area contributed by atoms with E-state index >= 15 is 0 Å². The van der Waals surface area contributed by atoms with Gasteiger partial charge in [-0.05, 0) is 65.1 Å². The number of fused-ring (bicyclic) bond motifs is 1. The number of rotatable bonds is 4. The molecular formula is C20H12IN3OS. The average molecular weight is 469 g/mol. The lowest BCUT2D eigenvalue weighted by molar-refractivity contribution is 0.483. The quantitative estimate of drug-likeness (QED) is 0.356. The van der Waals surface area contributed by atoms with E-state index in [9.17, 15) is 5.26 Å². The Hall–Kier alpha value is -2.63. The van der Waals surface area contributed by atoms with Crippen LogP contribution in [0.25, 0.3) is 10.2 Å². The number of nitrogens with zero attached hydrogens (tertiary/aromatic N) is 2. The van der Waals surface area contributed by atoms with Crippen LogP contribution in [0.4, 0.5) is 11.4 Å². The van der Waals surface area contributed by atoms with Crippen LogP contribution in [-0.2, 0) is 0 Å². The molecular weight excluding hydrogens is 457 g/mol. The van der Waals surface area contributed by atoms with Gasteiger partial charge in [0.05, 0.1) is 24.4 Å². The Balaban J connectivity index is 1.62. The molecule has 0 radical (unpaired) electrons. The van der Waals surface area contributed by atoms with Gasteiger partial charge in [-0.2, -0.15) is 5.26 Å². The lowest BCUT2D eigenvalue weighted by Gasteiger charge is -2.10. The first-order valence-electron chi connectivity index (χ1n) is 7.81. The maximum absolute atomic E-state index is 9.42. The number of para-hydroxylation sites is 1. The van der Waals surface area contributed by atoms with Crippen LogP contribution in [-0.4, -0.2) is 4.98 Å². The zero-order valence-electron chi connectivity index (χ0n) is 13.4. The van der Waals surface area contributed by atoms with Crippen LogP contribution in [0.3, 0.4) is 0 Å². The molecule has 0 aliphatic heterocycles. The second-order valence-electron chi connectivity index (χ2n) is 5.49. The molecule has 2 aromatic carbocycles. The second-order valence-corrected chi connectivity index (χ2v) is 8.43. The highest BCUT2D eigenvalue weighted by Crippen LogP contribution is 2.35. The summed E-state index contributed by atoms with van der Waals surface area (Å²) >= 11 is 3.89. The second kappa shape index (κ2) is 7.32. The van der Waals surface area contributed by atoms with E-state index in [4.69, 9.17) is 4.74 Å². The molecule has 0 spiro atoms. The van der Waals surface area contributed by atoms with Crippen LogP contribution < -0.4 is 10.1 Å². The minimum absolute atomic E-state index is 0.528. The van der Waals surface area contributed by atoms with E-state index in [0.717, 1.165) is 36.0 Å². The van der Waals surface area contributed by atoms with Crippen molar-refractivity contribution in [2.24, 2.45) is 0 Å². The number of ether oxygens (including phenoxy) is 1. The molecule has 2 aromatic heterocycles. The van der Waals surface area contributed by atoms with Gasteiger partial charge in [-0.25, -0.2) is 0 Å². The van der Waals surface area contributed by atoms with Gasteiger partial charge in [0.2, 0.25) is 0 Å². The first-order valence-corrected chi connectivity index (χ1v) is 9.70. The highest BCUT2D eigenvalue weighted by atomic mass is 127. The van der Waals surface area contributed by atoms with Gasteiger partial charge < -0.3 is 10.1 Å². The van der Waals surface area contributed by atoms with E-state index in [1.165, 1.54) is 0 Å². The number of hydrogen-bond donors (Lipinski definition) is 1. The van der Waals surface area contributed by atoms with Crippen molar-refractivity contribution >= 4 is 55.5 Å². The normalized spacial score (nSPS) is 10.5. The lowest BCUT2D eigenvalue weighted by atomic mass is 10.2. The summed E-state index contributed by atoms with van der Waals surface area (Å²) in [4.78, 5) is 4.36. The summed E-state index contributed by atoms with van der Waals surface area (Å²) in [5.41, 5.74) is 3.10. The molecule has 0 saturated heterocycles. The molecule has 0 amide bonds. The van der Waals surface area contributed by atoms with Crippen molar-refractivity contribution in [2.75, 3.05) is 5.32 Å². The maximum Gasteiger partial charge on any atom is 0.127 e. The number of nitriles is 1. The fourth-order valence-electron chi connectivity index (χ4n) is 2.53. The molecule has 0 atom stereocenters. The van der Waals surface area contributed by atoms with Crippen molar-refractivity contribution in [1.82, 2.24) is 4.98 Å². The van der Waals surface area contributed by atoms with Gasteiger partial charge in [-0.15, -0.1) is 11.3 Å². The molecule has 4 nitrogen and oxygen atoms in total. The van der Waals surface area contributed by atoms with Gasteiger partial charge in [0.15, 0.2) is 0 Å². The van der Waals surface area contributed by atoms with Gasteiger partial charge in [0.1, 0.15) is 17.6 Å². The van der Waals surface area contributed by atoms with E-state index < -0.39 is 0 Å². The van der Waals surface area contributed by atoms with Crippen molar-refractivity contribution in [3.8, 4) is 17.6 Å². The fraction of sp³-hybridized carbons (Fsp3) is 0. The molecule has 0 aliphatic carbocycles. The minimum Gasteiger partial charge on any atom is -0.457 e.